The molecule has 0 heterocycles. The molecule has 0 saturated carbocycles. The molecule has 1 amide bonds. The first-order chi connectivity index (χ1) is 10.4. The predicted molar refractivity (Wildman–Crippen MR) is 78.6 cm³/mol. The molecule has 22 heavy (non-hydrogen) atoms. The van der Waals surface area contributed by atoms with E-state index in [9.17, 15) is 18.8 Å². The minimum absolute atomic E-state index is 0.180. The van der Waals surface area contributed by atoms with Crippen LogP contribution in [0, 0.1) is 5.82 Å². The Morgan fingerprint density at radius 2 is 2.05 bits per heavy atom. The molecule has 0 aromatic heterocycles. The zero-order valence-corrected chi connectivity index (χ0v) is 13.4. The number of ether oxygens (including phenoxy) is 2. The molecule has 0 radical (unpaired) electrons. The third kappa shape index (κ3) is 6.21. The summed E-state index contributed by atoms with van der Waals surface area (Å²) < 4.78 is 23.1. The summed E-state index contributed by atoms with van der Waals surface area (Å²) in [6.45, 7) is -0.278. The van der Waals surface area contributed by atoms with Gasteiger partial charge in [-0.05, 0) is 24.6 Å². The SMILES string of the molecule is COC(=O)CCCNC(=O)COC(=O)c1cc(Br)ccc1F. The molecule has 0 aliphatic heterocycles. The molecule has 0 fully saturated rings. The van der Waals surface area contributed by atoms with Crippen LogP contribution in [0.4, 0.5) is 4.39 Å². The molecule has 0 aliphatic rings. The number of benzene rings is 1. The van der Waals surface area contributed by atoms with Gasteiger partial charge >= 0.3 is 11.9 Å². The van der Waals surface area contributed by atoms with Crippen LogP contribution < -0.4 is 5.32 Å². The summed E-state index contributed by atoms with van der Waals surface area (Å²) in [4.78, 5) is 33.9. The first-order valence-electron chi connectivity index (χ1n) is 6.39. The number of amides is 1. The average Bonchev–Trinajstić information content (AvgIpc) is 2.51. The van der Waals surface area contributed by atoms with Gasteiger partial charge in [0.05, 0.1) is 12.7 Å². The van der Waals surface area contributed by atoms with Crippen molar-refractivity contribution in [3.8, 4) is 0 Å². The van der Waals surface area contributed by atoms with Crippen molar-refractivity contribution in [3.05, 3.63) is 34.1 Å². The van der Waals surface area contributed by atoms with Gasteiger partial charge in [0.25, 0.3) is 5.91 Å². The van der Waals surface area contributed by atoms with Gasteiger partial charge in [-0.25, -0.2) is 9.18 Å². The van der Waals surface area contributed by atoms with E-state index >= 15 is 0 Å². The molecule has 1 rings (SSSR count). The molecule has 0 spiro atoms. The Hall–Kier alpha value is -1.96. The second kappa shape index (κ2) is 9.14. The van der Waals surface area contributed by atoms with Crippen LogP contribution in [0.3, 0.4) is 0 Å². The number of nitrogens with one attached hydrogen (secondary N) is 1. The Bertz CT molecular complexity index is 564. The van der Waals surface area contributed by atoms with E-state index in [0.29, 0.717) is 10.9 Å². The van der Waals surface area contributed by atoms with E-state index < -0.39 is 24.3 Å². The second-order valence-electron chi connectivity index (χ2n) is 4.23. The maximum absolute atomic E-state index is 13.4. The van der Waals surface area contributed by atoms with E-state index in [1.807, 2.05) is 0 Å². The fourth-order valence-corrected chi connectivity index (χ4v) is 1.84. The molecule has 1 aromatic rings. The van der Waals surface area contributed by atoms with Gasteiger partial charge in [0.15, 0.2) is 6.61 Å². The van der Waals surface area contributed by atoms with Gasteiger partial charge in [0.2, 0.25) is 0 Å². The van der Waals surface area contributed by atoms with Crippen LogP contribution in [-0.4, -0.2) is 38.1 Å². The summed E-state index contributed by atoms with van der Waals surface area (Å²) >= 11 is 3.11. The normalized spacial score (nSPS) is 9.95. The van der Waals surface area contributed by atoms with Crippen molar-refractivity contribution in [1.82, 2.24) is 5.32 Å². The first-order valence-corrected chi connectivity index (χ1v) is 7.19. The molecule has 1 N–H and O–H groups in total. The lowest BCUT2D eigenvalue weighted by Crippen LogP contribution is -2.30. The summed E-state index contributed by atoms with van der Waals surface area (Å²) in [6, 6.07) is 3.83. The van der Waals surface area contributed by atoms with Crippen molar-refractivity contribution in [1.29, 1.82) is 0 Å². The van der Waals surface area contributed by atoms with Gasteiger partial charge in [-0.3, -0.25) is 9.59 Å². The summed E-state index contributed by atoms with van der Waals surface area (Å²) in [7, 11) is 1.28. The minimum Gasteiger partial charge on any atom is -0.469 e. The van der Waals surface area contributed by atoms with E-state index in [1.54, 1.807) is 0 Å². The molecule has 0 saturated heterocycles. The quantitative estimate of drug-likeness (QED) is 0.580. The number of carbonyl (C=O) groups is 3. The highest BCUT2D eigenvalue weighted by atomic mass is 79.9. The number of carbonyl (C=O) groups excluding carboxylic acids is 3. The van der Waals surface area contributed by atoms with Gasteiger partial charge in [-0.15, -0.1) is 0 Å². The number of esters is 2. The maximum Gasteiger partial charge on any atom is 0.341 e. The van der Waals surface area contributed by atoms with Gasteiger partial charge in [-0.1, -0.05) is 15.9 Å². The Balaban J connectivity index is 2.33. The highest BCUT2D eigenvalue weighted by Gasteiger charge is 2.15. The molecule has 6 nitrogen and oxygen atoms in total. The van der Waals surface area contributed by atoms with Crippen molar-refractivity contribution in [2.45, 2.75) is 12.8 Å². The minimum atomic E-state index is -0.927. The van der Waals surface area contributed by atoms with Crippen molar-refractivity contribution in [3.63, 3.8) is 0 Å². The van der Waals surface area contributed by atoms with Crippen LogP contribution in [0.1, 0.15) is 23.2 Å². The third-order valence-electron chi connectivity index (χ3n) is 2.59. The lowest BCUT2D eigenvalue weighted by Gasteiger charge is -2.07. The van der Waals surface area contributed by atoms with E-state index in [-0.39, 0.29) is 24.5 Å². The monoisotopic (exact) mass is 375 g/mol. The van der Waals surface area contributed by atoms with Crippen LogP contribution in [0.5, 0.6) is 0 Å². The Kier molecular flexibility index (Phi) is 7.51. The van der Waals surface area contributed by atoms with Crippen LogP contribution in [-0.2, 0) is 19.1 Å². The molecule has 0 unspecified atom stereocenters. The van der Waals surface area contributed by atoms with E-state index in [2.05, 4.69) is 26.0 Å². The Morgan fingerprint density at radius 1 is 1.32 bits per heavy atom. The van der Waals surface area contributed by atoms with Gasteiger partial charge in [-0.2, -0.15) is 0 Å². The molecular weight excluding hydrogens is 361 g/mol. The summed E-state index contributed by atoms with van der Waals surface area (Å²) in [5.41, 5.74) is -0.257. The van der Waals surface area contributed by atoms with Gasteiger partial charge < -0.3 is 14.8 Å². The fraction of sp³-hybridized carbons (Fsp3) is 0.357. The molecule has 120 valence electrons. The van der Waals surface area contributed by atoms with Crippen molar-refractivity contribution >= 4 is 33.8 Å². The van der Waals surface area contributed by atoms with Crippen molar-refractivity contribution in [2.75, 3.05) is 20.3 Å². The van der Waals surface area contributed by atoms with Crippen molar-refractivity contribution in [2.24, 2.45) is 0 Å². The highest BCUT2D eigenvalue weighted by Crippen LogP contribution is 2.16. The summed E-state index contributed by atoms with van der Waals surface area (Å²) in [6.07, 6.45) is 0.590. The fourth-order valence-electron chi connectivity index (χ4n) is 1.48. The maximum atomic E-state index is 13.4. The molecule has 0 bridgehead atoms. The first kappa shape index (κ1) is 18.1. The van der Waals surface area contributed by atoms with Crippen LogP contribution >= 0.6 is 15.9 Å². The lowest BCUT2D eigenvalue weighted by molar-refractivity contribution is -0.140. The van der Waals surface area contributed by atoms with Crippen LogP contribution in [0.25, 0.3) is 0 Å². The average molecular weight is 376 g/mol. The van der Waals surface area contributed by atoms with Gasteiger partial charge in [0.1, 0.15) is 5.82 Å². The molecule has 0 atom stereocenters. The Morgan fingerprint density at radius 3 is 2.73 bits per heavy atom. The number of hydrogen-bond acceptors (Lipinski definition) is 5. The zero-order chi connectivity index (χ0) is 16.5. The van der Waals surface area contributed by atoms with Crippen LogP contribution in [0.2, 0.25) is 0 Å². The highest BCUT2D eigenvalue weighted by molar-refractivity contribution is 9.10. The molecule has 1 aromatic carbocycles. The number of methoxy groups -OCH3 is 1. The van der Waals surface area contributed by atoms with Gasteiger partial charge in [0, 0.05) is 17.4 Å². The second-order valence-corrected chi connectivity index (χ2v) is 5.15. The largest absolute Gasteiger partial charge is 0.469 e. The molecule has 8 heteroatoms. The summed E-state index contributed by atoms with van der Waals surface area (Å²) in [5.74, 6) is -2.56. The Labute approximate surface area is 135 Å². The standard InChI is InChI=1S/C14H15BrFNO5/c1-21-13(19)3-2-6-17-12(18)8-22-14(20)10-7-9(15)4-5-11(10)16/h4-5,7H,2-3,6,8H2,1H3,(H,17,18). The number of hydrogen-bond donors (Lipinski definition) is 1. The third-order valence-corrected chi connectivity index (χ3v) is 3.08. The lowest BCUT2D eigenvalue weighted by atomic mass is 10.2. The van der Waals surface area contributed by atoms with E-state index in [4.69, 9.17) is 4.74 Å². The number of halogens is 2. The number of rotatable bonds is 7. The molecule has 0 aliphatic carbocycles. The van der Waals surface area contributed by atoms with E-state index in [1.165, 1.54) is 19.2 Å². The smallest absolute Gasteiger partial charge is 0.341 e. The van der Waals surface area contributed by atoms with Crippen molar-refractivity contribution < 1.29 is 28.2 Å². The predicted octanol–water partition coefficient (Wildman–Crippen LogP) is 1.81. The topological polar surface area (TPSA) is 81.7 Å². The van der Waals surface area contributed by atoms with Crippen LogP contribution in [0.15, 0.2) is 22.7 Å². The van der Waals surface area contributed by atoms with E-state index in [0.717, 1.165) is 6.07 Å². The zero-order valence-electron chi connectivity index (χ0n) is 11.9. The molecular formula is C14H15BrFNO5. The summed E-state index contributed by atoms with van der Waals surface area (Å²) in [5, 5.41) is 2.47.